The average Bonchev–Trinajstić information content (AvgIpc) is 2.35. The fourth-order valence-electron chi connectivity index (χ4n) is 1.60. The van der Waals surface area contributed by atoms with Gasteiger partial charge in [-0.1, -0.05) is 19.1 Å². The Hall–Kier alpha value is -1.84. The second-order valence-corrected chi connectivity index (χ2v) is 3.81. The molecule has 17 heavy (non-hydrogen) atoms. The van der Waals surface area contributed by atoms with Crippen LogP contribution in [-0.4, -0.2) is 26.0 Å². The van der Waals surface area contributed by atoms with Gasteiger partial charge in [0.25, 0.3) is 0 Å². The van der Waals surface area contributed by atoms with Gasteiger partial charge < -0.3 is 9.47 Å². The number of carbonyl (C=O) groups excluding carboxylic acids is 2. The number of esters is 1. The van der Waals surface area contributed by atoms with Crippen molar-refractivity contribution in [2.75, 3.05) is 14.2 Å². The van der Waals surface area contributed by atoms with Gasteiger partial charge in [0.05, 0.1) is 20.1 Å². The summed E-state index contributed by atoms with van der Waals surface area (Å²) < 4.78 is 9.55. The zero-order chi connectivity index (χ0) is 13.0. The third-order valence-electron chi connectivity index (χ3n) is 2.70. The van der Waals surface area contributed by atoms with Crippen molar-refractivity contribution in [3.05, 3.63) is 29.3 Å². The van der Waals surface area contributed by atoms with Crippen LogP contribution in [0.5, 0.6) is 5.75 Å². The van der Waals surface area contributed by atoms with Crippen molar-refractivity contribution in [2.24, 2.45) is 0 Å². The van der Waals surface area contributed by atoms with Crippen LogP contribution in [0.4, 0.5) is 0 Å². The van der Waals surface area contributed by atoms with Crippen LogP contribution in [0.3, 0.4) is 0 Å². The number of Topliss-reactive ketones (excluding diaryl/α,β-unsaturated/α-hetero) is 1. The lowest BCUT2D eigenvalue weighted by Gasteiger charge is -2.12. The van der Waals surface area contributed by atoms with E-state index in [4.69, 9.17) is 4.74 Å². The summed E-state index contributed by atoms with van der Waals surface area (Å²) in [5, 5.41) is 0. The van der Waals surface area contributed by atoms with Crippen LogP contribution in [0.1, 0.15) is 24.0 Å². The molecule has 1 unspecified atom stereocenters. The number of rotatable bonds is 4. The van der Waals surface area contributed by atoms with Crippen molar-refractivity contribution >= 4 is 11.8 Å². The van der Waals surface area contributed by atoms with Crippen molar-refractivity contribution in [1.82, 2.24) is 0 Å². The summed E-state index contributed by atoms with van der Waals surface area (Å²) in [6.45, 7) is 3.57. The number of hydrogen-bond acceptors (Lipinski definition) is 4. The Bertz CT molecular complexity index is 437. The van der Waals surface area contributed by atoms with Crippen molar-refractivity contribution in [3.63, 3.8) is 0 Å². The molecule has 0 heterocycles. The highest BCUT2D eigenvalue weighted by Crippen LogP contribution is 2.24. The predicted octanol–water partition coefficient (Wildman–Crippen LogP) is 1.85. The van der Waals surface area contributed by atoms with Gasteiger partial charge in [-0.15, -0.1) is 0 Å². The molecule has 0 amide bonds. The molecule has 4 heteroatoms. The summed E-state index contributed by atoms with van der Waals surface area (Å²) in [5.74, 6) is -1.11. The molecule has 0 aromatic heterocycles. The molecule has 0 N–H and O–H groups in total. The van der Waals surface area contributed by atoms with Crippen LogP contribution in [0.15, 0.2) is 18.2 Å². The lowest BCUT2D eigenvalue weighted by atomic mass is 9.95. The first kappa shape index (κ1) is 13.2. The monoisotopic (exact) mass is 236 g/mol. The highest BCUT2D eigenvalue weighted by atomic mass is 16.5. The molecule has 0 aliphatic rings. The van der Waals surface area contributed by atoms with Crippen LogP contribution < -0.4 is 4.74 Å². The Morgan fingerprint density at radius 1 is 1.24 bits per heavy atom. The molecule has 0 saturated carbocycles. The lowest BCUT2D eigenvalue weighted by Crippen LogP contribution is -2.21. The van der Waals surface area contributed by atoms with Gasteiger partial charge in [0.15, 0.2) is 0 Å². The van der Waals surface area contributed by atoms with E-state index in [1.54, 1.807) is 26.2 Å². The maximum absolute atomic E-state index is 11.6. The number of methoxy groups -OCH3 is 2. The normalized spacial score (nSPS) is 11.8. The Morgan fingerprint density at radius 3 is 2.35 bits per heavy atom. The maximum Gasteiger partial charge on any atom is 0.374 e. The van der Waals surface area contributed by atoms with E-state index in [2.05, 4.69) is 4.74 Å². The summed E-state index contributed by atoms with van der Waals surface area (Å²) in [6, 6.07) is 5.40. The summed E-state index contributed by atoms with van der Waals surface area (Å²) >= 11 is 0. The van der Waals surface area contributed by atoms with E-state index in [1.165, 1.54) is 7.11 Å². The van der Waals surface area contributed by atoms with Crippen LogP contribution >= 0.6 is 0 Å². The zero-order valence-corrected chi connectivity index (χ0v) is 10.4. The molecule has 0 bridgehead atoms. The Labute approximate surface area is 101 Å². The zero-order valence-electron chi connectivity index (χ0n) is 10.4. The van der Waals surface area contributed by atoms with Crippen molar-refractivity contribution in [2.45, 2.75) is 19.8 Å². The van der Waals surface area contributed by atoms with Gasteiger partial charge >= 0.3 is 5.97 Å². The van der Waals surface area contributed by atoms with Crippen LogP contribution in [0, 0.1) is 6.92 Å². The van der Waals surface area contributed by atoms with Gasteiger partial charge in [0.2, 0.25) is 5.78 Å². The van der Waals surface area contributed by atoms with E-state index in [1.807, 2.05) is 13.0 Å². The van der Waals surface area contributed by atoms with Crippen molar-refractivity contribution < 1.29 is 19.1 Å². The smallest absolute Gasteiger partial charge is 0.374 e. The minimum Gasteiger partial charge on any atom is -0.496 e. The van der Waals surface area contributed by atoms with Gasteiger partial charge in [0.1, 0.15) is 5.75 Å². The van der Waals surface area contributed by atoms with E-state index < -0.39 is 17.7 Å². The highest BCUT2D eigenvalue weighted by molar-refractivity contribution is 6.35. The molecule has 1 atom stereocenters. The first-order valence-corrected chi connectivity index (χ1v) is 5.28. The van der Waals surface area contributed by atoms with E-state index >= 15 is 0 Å². The Morgan fingerprint density at radius 2 is 1.88 bits per heavy atom. The second-order valence-electron chi connectivity index (χ2n) is 3.81. The third-order valence-corrected chi connectivity index (χ3v) is 2.70. The van der Waals surface area contributed by atoms with Crippen LogP contribution in [0.2, 0.25) is 0 Å². The van der Waals surface area contributed by atoms with Gasteiger partial charge in [-0.05, 0) is 24.1 Å². The molecule has 1 rings (SSSR count). The van der Waals surface area contributed by atoms with Crippen molar-refractivity contribution in [1.29, 1.82) is 0 Å². The molecule has 0 spiro atoms. The third kappa shape index (κ3) is 2.84. The first-order chi connectivity index (χ1) is 8.01. The summed E-state index contributed by atoms with van der Waals surface area (Å²) in [5.41, 5.74) is 1.70. The standard InChI is InChI=1S/C13H16O4/c1-8-7-10(5-6-11(8)16-3)9(2)12(14)13(15)17-4/h5-7,9H,1-4H3. The molecule has 0 saturated heterocycles. The molecule has 1 aromatic carbocycles. The number of ketones is 1. The molecule has 4 nitrogen and oxygen atoms in total. The number of aryl methyl sites for hydroxylation is 1. The molecular weight excluding hydrogens is 220 g/mol. The van der Waals surface area contributed by atoms with Gasteiger partial charge in [-0.2, -0.15) is 0 Å². The summed E-state index contributed by atoms with van der Waals surface area (Å²) in [7, 11) is 2.79. The average molecular weight is 236 g/mol. The van der Waals surface area contributed by atoms with E-state index in [0.29, 0.717) is 0 Å². The minimum atomic E-state index is -0.814. The minimum absolute atomic E-state index is 0.507. The maximum atomic E-state index is 11.6. The number of carbonyl (C=O) groups is 2. The highest BCUT2D eigenvalue weighted by Gasteiger charge is 2.23. The molecule has 0 fully saturated rings. The number of ether oxygens (including phenoxy) is 2. The van der Waals surface area contributed by atoms with E-state index in [0.717, 1.165) is 16.9 Å². The van der Waals surface area contributed by atoms with E-state index in [-0.39, 0.29) is 0 Å². The van der Waals surface area contributed by atoms with Gasteiger partial charge in [-0.25, -0.2) is 4.79 Å². The number of hydrogen-bond donors (Lipinski definition) is 0. The molecule has 1 aromatic rings. The fourth-order valence-corrected chi connectivity index (χ4v) is 1.60. The van der Waals surface area contributed by atoms with Gasteiger partial charge in [-0.3, -0.25) is 4.79 Å². The Balaban J connectivity index is 2.97. The first-order valence-electron chi connectivity index (χ1n) is 5.28. The van der Waals surface area contributed by atoms with Crippen molar-refractivity contribution in [3.8, 4) is 5.75 Å². The molecule has 0 aliphatic heterocycles. The fraction of sp³-hybridized carbons (Fsp3) is 0.385. The predicted molar refractivity (Wildman–Crippen MR) is 63.2 cm³/mol. The molecule has 0 aliphatic carbocycles. The quantitative estimate of drug-likeness (QED) is 0.591. The van der Waals surface area contributed by atoms with Crippen LogP contribution in [0.25, 0.3) is 0 Å². The lowest BCUT2D eigenvalue weighted by molar-refractivity contribution is -0.152. The topological polar surface area (TPSA) is 52.6 Å². The SMILES string of the molecule is COC(=O)C(=O)C(C)c1ccc(OC)c(C)c1. The van der Waals surface area contributed by atoms with Crippen LogP contribution in [-0.2, 0) is 14.3 Å². The van der Waals surface area contributed by atoms with E-state index in [9.17, 15) is 9.59 Å². The molecular formula is C13H16O4. The summed E-state index contributed by atoms with van der Waals surface area (Å²) in [4.78, 5) is 22.8. The molecule has 92 valence electrons. The molecule has 0 radical (unpaired) electrons. The van der Waals surface area contributed by atoms with Gasteiger partial charge in [0, 0.05) is 0 Å². The number of benzene rings is 1. The second kappa shape index (κ2) is 5.48. The largest absolute Gasteiger partial charge is 0.496 e. The Kier molecular flexibility index (Phi) is 4.26. The summed E-state index contributed by atoms with van der Waals surface area (Å²) in [6.07, 6.45) is 0.